The smallest absolute Gasteiger partial charge is 0.249 e. The summed E-state index contributed by atoms with van der Waals surface area (Å²) in [6.07, 6.45) is 0. The fourth-order valence-electron chi connectivity index (χ4n) is 1.25. The number of aryl methyl sites for hydroxylation is 2. The molecule has 0 aliphatic heterocycles. The molecule has 0 spiro atoms. The van der Waals surface area contributed by atoms with Crippen LogP contribution in [-0.4, -0.2) is 15.1 Å². The number of fused-ring (bicyclic) bond motifs is 1. The number of rotatable bonds is 1. The number of nitrogens with zero attached hydrogens (tertiary/aromatic N) is 3. The first-order chi connectivity index (χ1) is 6.70. The SMILES string of the molecule is Cc1nc2c(C)cc(N=C=S)nc2o1. The summed E-state index contributed by atoms with van der Waals surface area (Å²) in [6, 6.07) is 1.80. The van der Waals surface area contributed by atoms with Crippen LogP contribution < -0.4 is 0 Å². The van der Waals surface area contributed by atoms with Crippen molar-refractivity contribution in [1.82, 2.24) is 9.97 Å². The second-order valence-corrected chi connectivity index (χ2v) is 3.07. The first-order valence-electron chi connectivity index (χ1n) is 4.03. The molecule has 4 nitrogen and oxygen atoms in total. The van der Waals surface area contributed by atoms with Gasteiger partial charge in [-0.25, -0.2) is 4.98 Å². The first-order valence-corrected chi connectivity index (χ1v) is 4.44. The molecule has 2 heterocycles. The van der Waals surface area contributed by atoms with Crippen LogP contribution in [0, 0.1) is 13.8 Å². The predicted molar refractivity (Wildman–Crippen MR) is 56.0 cm³/mol. The lowest BCUT2D eigenvalue weighted by atomic mass is 10.2. The number of hydrogen-bond acceptors (Lipinski definition) is 5. The first kappa shape index (κ1) is 8.99. The van der Waals surface area contributed by atoms with E-state index in [-0.39, 0.29) is 0 Å². The molecule has 0 bridgehead atoms. The molecule has 0 saturated heterocycles. The highest BCUT2D eigenvalue weighted by atomic mass is 32.1. The number of thiocarbonyl (C=S) groups is 1. The van der Waals surface area contributed by atoms with Gasteiger partial charge in [0.2, 0.25) is 5.71 Å². The van der Waals surface area contributed by atoms with Crippen LogP contribution >= 0.6 is 12.2 Å². The van der Waals surface area contributed by atoms with E-state index in [9.17, 15) is 0 Å². The van der Waals surface area contributed by atoms with Crippen LogP contribution in [0.3, 0.4) is 0 Å². The van der Waals surface area contributed by atoms with E-state index < -0.39 is 0 Å². The highest BCUT2D eigenvalue weighted by molar-refractivity contribution is 7.78. The van der Waals surface area contributed by atoms with Gasteiger partial charge in [-0.15, -0.1) is 0 Å². The van der Waals surface area contributed by atoms with E-state index >= 15 is 0 Å². The van der Waals surface area contributed by atoms with Gasteiger partial charge in [0, 0.05) is 6.92 Å². The fourth-order valence-corrected chi connectivity index (χ4v) is 1.34. The molecular formula is C9H7N3OS. The minimum Gasteiger partial charge on any atom is -0.423 e. The molecule has 0 amide bonds. The molecule has 0 fully saturated rings. The van der Waals surface area contributed by atoms with Crippen molar-refractivity contribution in [2.24, 2.45) is 4.99 Å². The van der Waals surface area contributed by atoms with Crippen molar-refractivity contribution in [2.75, 3.05) is 0 Å². The number of isothiocyanates is 1. The van der Waals surface area contributed by atoms with E-state index in [1.165, 1.54) is 0 Å². The predicted octanol–water partition coefficient (Wildman–Crippen LogP) is 2.57. The highest BCUT2D eigenvalue weighted by Crippen LogP contribution is 2.21. The maximum Gasteiger partial charge on any atom is 0.249 e. The number of hydrogen-bond donors (Lipinski definition) is 0. The van der Waals surface area contributed by atoms with Gasteiger partial charge in [-0.05, 0) is 30.8 Å². The Morgan fingerprint density at radius 1 is 1.43 bits per heavy atom. The Bertz CT molecular complexity index is 540. The Labute approximate surface area is 85.7 Å². The molecular weight excluding hydrogens is 198 g/mol. The normalized spacial score (nSPS) is 10.1. The van der Waals surface area contributed by atoms with Gasteiger partial charge in [-0.2, -0.15) is 9.98 Å². The molecule has 70 valence electrons. The molecule has 0 radical (unpaired) electrons. The molecule has 0 saturated carbocycles. The second-order valence-electron chi connectivity index (χ2n) is 2.89. The van der Waals surface area contributed by atoms with Crippen LogP contribution in [0.25, 0.3) is 11.2 Å². The van der Waals surface area contributed by atoms with Crippen molar-refractivity contribution in [3.8, 4) is 0 Å². The maximum absolute atomic E-state index is 5.29. The Hall–Kier alpha value is -1.58. The Morgan fingerprint density at radius 3 is 2.93 bits per heavy atom. The number of pyridine rings is 1. The van der Waals surface area contributed by atoms with Gasteiger partial charge < -0.3 is 4.42 Å². The van der Waals surface area contributed by atoms with Gasteiger partial charge in [-0.3, -0.25) is 0 Å². The Morgan fingerprint density at radius 2 is 2.21 bits per heavy atom. The zero-order valence-corrected chi connectivity index (χ0v) is 8.55. The van der Waals surface area contributed by atoms with Gasteiger partial charge in [0.25, 0.3) is 0 Å². The Balaban J connectivity index is 2.77. The minimum absolute atomic E-state index is 0.492. The van der Waals surface area contributed by atoms with Crippen molar-refractivity contribution < 1.29 is 4.42 Å². The highest BCUT2D eigenvalue weighted by Gasteiger charge is 2.07. The van der Waals surface area contributed by atoms with Gasteiger partial charge in [0.05, 0.1) is 5.16 Å². The number of aromatic nitrogens is 2. The molecule has 0 aromatic carbocycles. The van der Waals surface area contributed by atoms with Crippen LogP contribution in [0.15, 0.2) is 15.5 Å². The minimum atomic E-state index is 0.492. The van der Waals surface area contributed by atoms with E-state index in [1.54, 1.807) is 13.0 Å². The van der Waals surface area contributed by atoms with Crippen molar-refractivity contribution >= 4 is 34.4 Å². The maximum atomic E-state index is 5.29. The summed E-state index contributed by atoms with van der Waals surface area (Å²) < 4.78 is 5.29. The molecule has 0 N–H and O–H groups in total. The molecule has 2 aromatic heterocycles. The molecule has 0 unspecified atom stereocenters. The van der Waals surface area contributed by atoms with E-state index in [4.69, 9.17) is 4.42 Å². The zero-order valence-electron chi connectivity index (χ0n) is 7.74. The lowest BCUT2D eigenvalue weighted by Gasteiger charge is -1.93. The summed E-state index contributed by atoms with van der Waals surface area (Å²) in [6.45, 7) is 3.71. The lowest BCUT2D eigenvalue weighted by molar-refractivity contribution is 0.551. The summed E-state index contributed by atoms with van der Waals surface area (Å²) >= 11 is 4.50. The van der Waals surface area contributed by atoms with Gasteiger partial charge in [0.15, 0.2) is 11.7 Å². The van der Waals surface area contributed by atoms with Crippen molar-refractivity contribution in [3.63, 3.8) is 0 Å². The largest absolute Gasteiger partial charge is 0.423 e. The van der Waals surface area contributed by atoms with E-state index in [2.05, 4.69) is 32.3 Å². The van der Waals surface area contributed by atoms with E-state index in [0.29, 0.717) is 17.4 Å². The summed E-state index contributed by atoms with van der Waals surface area (Å²) in [5.74, 6) is 1.10. The van der Waals surface area contributed by atoms with Gasteiger partial charge in [0.1, 0.15) is 5.52 Å². The third-order valence-corrected chi connectivity index (χ3v) is 1.90. The van der Waals surface area contributed by atoms with Gasteiger partial charge in [-0.1, -0.05) is 0 Å². The zero-order chi connectivity index (χ0) is 10.1. The fraction of sp³-hybridized carbons (Fsp3) is 0.222. The monoisotopic (exact) mass is 205 g/mol. The average Bonchev–Trinajstić information content (AvgIpc) is 2.47. The standard InChI is InChI=1S/C9H7N3OS/c1-5-3-7(10-4-14)12-9-8(5)11-6(2)13-9/h3H,1-2H3. The topological polar surface area (TPSA) is 51.3 Å². The summed E-state index contributed by atoms with van der Waals surface area (Å²) in [7, 11) is 0. The van der Waals surface area contributed by atoms with Gasteiger partial charge >= 0.3 is 0 Å². The van der Waals surface area contributed by atoms with Crippen LogP contribution in [-0.2, 0) is 0 Å². The Kier molecular flexibility index (Phi) is 2.11. The number of oxazole rings is 1. The molecule has 0 aliphatic rings. The molecule has 2 rings (SSSR count). The second kappa shape index (κ2) is 3.29. The van der Waals surface area contributed by atoms with Crippen LogP contribution in [0.1, 0.15) is 11.5 Å². The van der Waals surface area contributed by atoms with Crippen molar-refractivity contribution in [3.05, 3.63) is 17.5 Å². The molecule has 0 aliphatic carbocycles. The molecule has 5 heteroatoms. The van der Waals surface area contributed by atoms with Crippen LogP contribution in [0.5, 0.6) is 0 Å². The van der Waals surface area contributed by atoms with Crippen LogP contribution in [0.2, 0.25) is 0 Å². The molecule has 2 aromatic rings. The quantitative estimate of drug-likeness (QED) is 0.530. The third-order valence-electron chi connectivity index (χ3n) is 1.81. The lowest BCUT2D eigenvalue weighted by Crippen LogP contribution is -1.80. The van der Waals surface area contributed by atoms with E-state index in [1.807, 2.05) is 6.92 Å². The van der Waals surface area contributed by atoms with Crippen molar-refractivity contribution in [1.29, 1.82) is 0 Å². The van der Waals surface area contributed by atoms with Crippen molar-refractivity contribution in [2.45, 2.75) is 13.8 Å². The summed E-state index contributed by atoms with van der Waals surface area (Å²) in [5.41, 5.74) is 2.23. The summed E-state index contributed by atoms with van der Waals surface area (Å²) in [4.78, 5) is 12.1. The van der Waals surface area contributed by atoms with Crippen LogP contribution in [0.4, 0.5) is 5.82 Å². The molecule has 0 atom stereocenters. The van der Waals surface area contributed by atoms with E-state index in [0.717, 1.165) is 11.1 Å². The average molecular weight is 205 g/mol. The third kappa shape index (κ3) is 1.43. The molecule has 14 heavy (non-hydrogen) atoms. The number of aliphatic imine (C=N–C) groups is 1. The summed E-state index contributed by atoms with van der Waals surface area (Å²) in [5, 5.41) is 2.27.